The van der Waals surface area contributed by atoms with E-state index < -0.39 is 0 Å². The highest BCUT2D eigenvalue weighted by Gasteiger charge is 2.19. The minimum Gasteiger partial charge on any atom is -0.456 e. The second-order valence-electron chi connectivity index (χ2n) is 14.6. The first-order valence-electron chi connectivity index (χ1n) is 18.8. The minimum absolute atomic E-state index is 0.903. The molecular formula is C52H32N2O. The van der Waals surface area contributed by atoms with Gasteiger partial charge in [0.25, 0.3) is 0 Å². The molecule has 3 heteroatoms. The maximum absolute atomic E-state index is 6.44. The lowest BCUT2D eigenvalue weighted by Gasteiger charge is -2.11. The Balaban J connectivity index is 1.06. The molecule has 9 aromatic carbocycles. The van der Waals surface area contributed by atoms with Crippen molar-refractivity contribution in [1.29, 1.82) is 0 Å². The fraction of sp³-hybridized carbons (Fsp3) is 0. The average Bonchev–Trinajstić information content (AvgIpc) is 3.89. The Bertz CT molecular complexity index is 3470. The van der Waals surface area contributed by atoms with Crippen molar-refractivity contribution < 1.29 is 4.42 Å². The summed E-state index contributed by atoms with van der Waals surface area (Å²) in [5.41, 5.74) is 13.6. The van der Waals surface area contributed by atoms with Crippen LogP contribution in [0.25, 0.3) is 110 Å². The van der Waals surface area contributed by atoms with Crippen molar-refractivity contribution in [1.82, 2.24) is 9.13 Å². The van der Waals surface area contributed by atoms with Gasteiger partial charge in [-0.3, -0.25) is 0 Å². The van der Waals surface area contributed by atoms with E-state index in [0.717, 1.165) is 38.7 Å². The van der Waals surface area contributed by atoms with E-state index in [0.29, 0.717) is 0 Å². The third-order valence-corrected chi connectivity index (χ3v) is 11.5. The molecule has 12 rings (SSSR count). The van der Waals surface area contributed by atoms with Crippen LogP contribution in [0.1, 0.15) is 0 Å². The molecule has 0 saturated heterocycles. The number of rotatable bonds is 4. The Morgan fingerprint density at radius 3 is 1.64 bits per heavy atom. The van der Waals surface area contributed by atoms with E-state index in [1.54, 1.807) is 0 Å². The Labute approximate surface area is 316 Å². The highest BCUT2D eigenvalue weighted by Crippen LogP contribution is 2.41. The molecule has 0 aliphatic rings. The first-order valence-corrected chi connectivity index (χ1v) is 18.8. The fourth-order valence-electron chi connectivity index (χ4n) is 8.87. The monoisotopic (exact) mass is 700 g/mol. The van der Waals surface area contributed by atoms with Crippen LogP contribution in [-0.4, -0.2) is 9.13 Å². The summed E-state index contributed by atoms with van der Waals surface area (Å²) in [6.45, 7) is 0. The van der Waals surface area contributed by atoms with E-state index in [1.165, 1.54) is 71.3 Å². The standard InChI is InChI=1S/C52H32N2O/c1-2-10-33(11-3-1)35-18-23-39(24-19-35)53-49-27-22-38(30-44(49)45-32-52-46(31-50(45)53)42-15-7-9-17-51(42)55-52)37-21-26-48-43(29-37)41-14-6-8-16-47(41)54(48)40-25-20-34-12-4-5-13-36(34)28-40/h1-32H. The molecule has 0 aliphatic heterocycles. The number of fused-ring (bicyclic) bond motifs is 10. The normalized spacial score (nSPS) is 12.0. The summed E-state index contributed by atoms with van der Waals surface area (Å²) in [5, 5.41) is 9.60. The van der Waals surface area contributed by atoms with Gasteiger partial charge in [-0.15, -0.1) is 0 Å². The lowest BCUT2D eigenvalue weighted by atomic mass is 10.0. The number of nitrogens with zero attached hydrogens (tertiary/aromatic N) is 2. The summed E-state index contributed by atoms with van der Waals surface area (Å²) in [4.78, 5) is 0. The van der Waals surface area contributed by atoms with E-state index in [1.807, 2.05) is 6.07 Å². The van der Waals surface area contributed by atoms with Crippen molar-refractivity contribution in [3.8, 4) is 33.6 Å². The first kappa shape index (κ1) is 30.1. The van der Waals surface area contributed by atoms with Crippen LogP contribution in [0.4, 0.5) is 0 Å². The molecule has 0 N–H and O–H groups in total. The van der Waals surface area contributed by atoms with Gasteiger partial charge in [0, 0.05) is 43.7 Å². The molecule has 3 heterocycles. The second-order valence-corrected chi connectivity index (χ2v) is 14.6. The lowest BCUT2D eigenvalue weighted by Crippen LogP contribution is -1.94. The quantitative estimate of drug-likeness (QED) is 0.179. The van der Waals surface area contributed by atoms with Crippen molar-refractivity contribution in [3.05, 3.63) is 194 Å². The summed E-state index contributed by atoms with van der Waals surface area (Å²) >= 11 is 0. The third-order valence-electron chi connectivity index (χ3n) is 11.5. The van der Waals surface area contributed by atoms with Gasteiger partial charge in [-0.1, -0.05) is 121 Å². The summed E-state index contributed by atoms with van der Waals surface area (Å²) < 4.78 is 11.3. The van der Waals surface area contributed by atoms with Gasteiger partial charge in [0.1, 0.15) is 11.2 Å². The van der Waals surface area contributed by atoms with E-state index in [9.17, 15) is 0 Å². The molecule has 0 amide bonds. The van der Waals surface area contributed by atoms with Crippen LogP contribution in [0.3, 0.4) is 0 Å². The predicted octanol–water partition coefficient (Wildman–Crippen LogP) is 14.3. The summed E-state index contributed by atoms with van der Waals surface area (Å²) in [5.74, 6) is 0. The Kier molecular flexibility index (Phi) is 6.34. The van der Waals surface area contributed by atoms with Gasteiger partial charge >= 0.3 is 0 Å². The van der Waals surface area contributed by atoms with Crippen LogP contribution in [0.15, 0.2) is 199 Å². The predicted molar refractivity (Wildman–Crippen MR) is 231 cm³/mol. The highest BCUT2D eigenvalue weighted by molar-refractivity contribution is 6.18. The average molecular weight is 701 g/mol. The van der Waals surface area contributed by atoms with Crippen molar-refractivity contribution in [2.75, 3.05) is 0 Å². The molecule has 3 nitrogen and oxygen atoms in total. The summed E-state index contributed by atoms with van der Waals surface area (Å²) in [6, 6.07) is 70.4. The molecule has 0 spiro atoms. The van der Waals surface area contributed by atoms with Crippen molar-refractivity contribution >= 4 is 76.3 Å². The number of benzene rings is 9. The zero-order valence-electron chi connectivity index (χ0n) is 29.8. The first-order chi connectivity index (χ1) is 27.2. The van der Waals surface area contributed by atoms with E-state index in [-0.39, 0.29) is 0 Å². The molecule has 0 unspecified atom stereocenters. The summed E-state index contributed by atoms with van der Waals surface area (Å²) in [6.07, 6.45) is 0. The summed E-state index contributed by atoms with van der Waals surface area (Å²) in [7, 11) is 0. The van der Waals surface area contributed by atoms with Crippen molar-refractivity contribution in [2.45, 2.75) is 0 Å². The van der Waals surface area contributed by atoms with Gasteiger partial charge in [0.05, 0.1) is 22.1 Å². The van der Waals surface area contributed by atoms with Gasteiger partial charge in [-0.2, -0.15) is 0 Å². The molecule has 12 aromatic rings. The molecule has 0 aliphatic carbocycles. The molecule has 0 fully saturated rings. The van der Waals surface area contributed by atoms with Crippen LogP contribution in [0.5, 0.6) is 0 Å². The van der Waals surface area contributed by atoms with Crippen LogP contribution < -0.4 is 0 Å². The van der Waals surface area contributed by atoms with E-state index in [4.69, 9.17) is 4.42 Å². The molecule has 0 radical (unpaired) electrons. The maximum atomic E-state index is 6.44. The minimum atomic E-state index is 0.903. The molecule has 0 atom stereocenters. The molecule has 0 bridgehead atoms. The third kappa shape index (κ3) is 4.57. The van der Waals surface area contributed by atoms with Gasteiger partial charge < -0.3 is 13.6 Å². The van der Waals surface area contributed by atoms with Gasteiger partial charge in [-0.25, -0.2) is 0 Å². The van der Waals surface area contributed by atoms with Crippen LogP contribution in [0.2, 0.25) is 0 Å². The number of furan rings is 1. The van der Waals surface area contributed by atoms with Gasteiger partial charge in [-0.05, 0) is 106 Å². The Morgan fingerprint density at radius 1 is 0.273 bits per heavy atom. The van der Waals surface area contributed by atoms with Crippen LogP contribution in [-0.2, 0) is 0 Å². The van der Waals surface area contributed by atoms with Crippen molar-refractivity contribution in [2.24, 2.45) is 0 Å². The number of aromatic nitrogens is 2. The van der Waals surface area contributed by atoms with E-state index in [2.05, 4.69) is 197 Å². The van der Waals surface area contributed by atoms with Crippen LogP contribution >= 0.6 is 0 Å². The second kappa shape index (κ2) is 11.6. The van der Waals surface area contributed by atoms with Crippen LogP contribution in [0, 0.1) is 0 Å². The molecule has 3 aromatic heterocycles. The maximum Gasteiger partial charge on any atom is 0.136 e. The molecule has 256 valence electrons. The SMILES string of the molecule is c1ccc(-c2ccc(-n3c4ccc(-c5ccc6c(c5)c5ccccc5n6-c5ccc6ccccc6c5)cc4c4cc5oc6ccccc6c5cc43)cc2)cc1. The van der Waals surface area contributed by atoms with E-state index >= 15 is 0 Å². The van der Waals surface area contributed by atoms with Gasteiger partial charge in [0.15, 0.2) is 0 Å². The Hall–Kier alpha value is -7.36. The zero-order valence-corrected chi connectivity index (χ0v) is 29.8. The lowest BCUT2D eigenvalue weighted by molar-refractivity contribution is 0.669. The topological polar surface area (TPSA) is 23.0 Å². The molecular weight excluding hydrogens is 669 g/mol. The highest BCUT2D eigenvalue weighted by atomic mass is 16.3. The largest absolute Gasteiger partial charge is 0.456 e. The number of hydrogen-bond acceptors (Lipinski definition) is 1. The Morgan fingerprint density at radius 2 is 0.836 bits per heavy atom. The smallest absolute Gasteiger partial charge is 0.136 e. The van der Waals surface area contributed by atoms with Crippen molar-refractivity contribution in [3.63, 3.8) is 0 Å². The fourth-order valence-corrected chi connectivity index (χ4v) is 8.87. The van der Waals surface area contributed by atoms with Gasteiger partial charge in [0.2, 0.25) is 0 Å². The zero-order chi connectivity index (χ0) is 36.0. The number of hydrogen-bond donors (Lipinski definition) is 0. The molecule has 0 saturated carbocycles. The number of para-hydroxylation sites is 2. The molecule has 55 heavy (non-hydrogen) atoms.